The lowest BCUT2D eigenvalue weighted by Crippen LogP contribution is -2.48. The van der Waals surface area contributed by atoms with E-state index in [1.165, 1.54) is 12.8 Å². The van der Waals surface area contributed by atoms with Crippen molar-refractivity contribution < 1.29 is 9.53 Å². The first-order valence-electron chi connectivity index (χ1n) is 7.29. The molecule has 0 radical (unpaired) electrons. The molecule has 0 aliphatic carbocycles. The summed E-state index contributed by atoms with van der Waals surface area (Å²) >= 11 is 0. The standard InChI is InChI=1S/C14H26N2O2.ClH/c1-11-9-16(10-12(2)18-11)14(17)4-3-13-5-7-15-8-6-13;/h11-13,15H,3-10H2,1-2H3;1H/t11-,12+;. The van der Waals surface area contributed by atoms with Crippen molar-refractivity contribution >= 4 is 18.3 Å². The number of carbonyl (C=O) groups excluding carboxylic acids is 1. The van der Waals surface area contributed by atoms with E-state index in [-0.39, 0.29) is 24.6 Å². The first-order valence-corrected chi connectivity index (χ1v) is 7.29. The molecule has 0 aromatic heterocycles. The monoisotopic (exact) mass is 290 g/mol. The average Bonchev–Trinajstić information content (AvgIpc) is 2.36. The van der Waals surface area contributed by atoms with Crippen LogP contribution in [0.15, 0.2) is 0 Å². The van der Waals surface area contributed by atoms with E-state index in [4.69, 9.17) is 4.74 Å². The molecule has 19 heavy (non-hydrogen) atoms. The van der Waals surface area contributed by atoms with E-state index in [0.717, 1.165) is 38.5 Å². The summed E-state index contributed by atoms with van der Waals surface area (Å²) in [6.45, 7) is 7.84. The fourth-order valence-electron chi connectivity index (χ4n) is 3.04. The van der Waals surface area contributed by atoms with Crippen LogP contribution in [0.4, 0.5) is 0 Å². The zero-order chi connectivity index (χ0) is 13.0. The fraction of sp³-hybridized carbons (Fsp3) is 0.929. The van der Waals surface area contributed by atoms with Gasteiger partial charge in [0.2, 0.25) is 5.91 Å². The highest BCUT2D eigenvalue weighted by atomic mass is 35.5. The minimum absolute atomic E-state index is 0. The fourth-order valence-corrected chi connectivity index (χ4v) is 3.04. The van der Waals surface area contributed by atoms with Crippen molar-refractivity contribution in [1.29, 1.82) is 0 Å². The summed E-state index contributed by atoms with van der Waals surface area (Å²) in [5.74, 6) is 1.06. The number of hydrogen-bond donors (Lipinski definition) is 1. The van der Waals surface area contributed by atoms with Crippen LogP contribution in [0.5, 0.6) is 0 Å². The van der Waals surface area contributed by atoms with Crippen LogP contribution in [0, 0.1) is 5.92 Å². The highest BCUT2D eigenvalue weighted by molar-refractivity contribution is 5.85. The van der Waals surface area contributed by atoms with Gasteiger partial charge in [0.25, 0.3) is 0 Å². The van der Waals surface area contributed by atoms with Crippen molar-refractivity contribution in [2.75, 3.05) is 26.2 Å². The Labute approximate surface area is 122 Å². The van der Waals surface area contributed by atoms with Gasteiger partial charge in [0.05, 0.1) is 12.2 Å². The van der Waals surface area contributed by atoms with Crippen LogP contribution >= 0.6 is 12.4 Å². The molecule has 2 fully saturated rings. The predicted octanol–water partition coefficient (Wildman–Crippen LogP) is 1.82. The van der Waals surface area contributed by atoms with Gasteiger partial charge in [-0.1, -0.05) is 0 Å². The molecule has 2 rings (SSSR count). The Bertz CT molecular complexity index is 273. The van der Waals surface area contributed by atoms with Crippen LogP contribution < -0.4 is 5.32 Å². The first kappa shape index (κ1) is 16.7. The van der Waals surface area contributed by atoms with E-state index >= 15 is 0 Å². The number of halogens is 1. The largest absolute Gasteiger partial charge is 0.372 e. The van der Waals surface area contributed by atoms with E-state index in [9.17, 15) is 4.79 Å². The van der Waals surface area contributed by atoms with Crippen molar-refractivity contribution in [3.8, 4) is 0 Å². The maximum atomic E-state index is 12.2. The quantitative estimate of drug-likeness (QED) is 0.862. The van der Waals surface area contributed by atoms with E-state index in [1.807, 2.05) is 18.7 Å². The molecule has 0 aromatic rings. The summed E-state index contributed by atoms with van der Waals surface area (Å²) < 4.78 is 5.66. The van der Waals surface area contributed by atoms with Gasteiger partial charge in [0.1, 0.15) is 0 Å². The maximum absolute atomic E-state index is 12.2. The third kappa shape index (κ3) is 5.28. The van der Waals surface area contributed by atoms with E-state index in [1.54, 1.807) is 0 Å². The highest BCUT2D eigenvalue weighted by Crippen LogP contribution is 2.19. The molecule has 0 saturated carbocycles. The molecular weight excluding hydrogens is 264 g/mol. The summed E-state index contributed by atoms with van der Waals surface area (Å²) in [4.78, 5) is 14.2. The van der Waals surface area contributed by atoms with Crippen molar-refractivity contribution in [2.45, 2.75) is 51.7 Å². The number of ether oxygens (including phenoxy) is 1. The zero-order valence-corrected chi connectivity index (χ0v) is 12.9. The van der Waals surface area contributed by atoms with Crippen LogP contribution in [-0.2, 0) is 9.53 Å². The Morgan fingerprint density at radius 3 is 2.37 bits per heavy atom. The number of nitrogens with one attached hydrogen (secondary N) is 1. The number of rotatable bonds is 3. The van der Waals surface area contributed by atoms with Gasteiger partial charge in [0, 0.05) is 19.5 Å². The van der Waals surface area contributed by atoms with E-state index < -0.39 is 0 Å². The third-order valence-corrected chi connectivity index (χ3v) is 4.00. The Morgan fingerprint density at radius 1 is 1.21 bits per heavy atom. The molecule has 5 heteroatoms. The minimum atomic E-state index is 0. The molecule has 0 aromatic carbocycles. The molecule has 2 heterocycles. The van der Waals surface area contributed by atoms with Crippen LogP contribution in [0.3, 0.4) is 0 Å². The van der Waals surface area contributed by atoms with Gasteiger partial charge in [-0.25, -0.2) is 0 Å². The molecule has 0 bridgehead atoms. The Hall–Kier alpha value is -0.320. The van der Waals surface area contributed by atoms with Gasteiger partial charge in [-0.15, -0.1) is 12.4 Å². The lowest BCUT2D eigenvalue weighted by molar-refractivity contribution is -0.143. The maximum Gasteiger partial charge on any atom is 0.222 e. The predicted molar refractivity (Wildman–Crippen MR) is 78.7 cm³/mol. The van der Waals surface area contributed by atoms with Crippen LogP contribution in [-0.4, -0.2) is 49.2 Å². The van der Waals surface area contributed by atoms with Gasteiger partial charge in [-0.2, -0.15) is 0 Å². The normalized spacial score (nSPS) is 28.8. The lowest BCUT2D eigenvalue weighted by atomic mass is 9.93. The Morgan fingerprint density at radius 2 is 1.79 bits per heavy atom. The molecule has 2 aliphatic rings. The zero-order valence-electron chi connectivity index (χ0n) is 12.1. The molecule has 112 valence electrons. The van der Waals surface area contributed by atoms with Crippen molar-refractivity contribution in [3.63, 3.8) is 0 Å². The number of morpholine rings is 1. The number of piperidine rings is 1. The van der Waals surface area contributed by atoms with Gasteiger partial charge in [0.15, 0.2) is 0 Å². The molecule has 2 saturated heterocycles. The topological polar surface area (TPSA) is 41.6 Å². The van der Waals surface area contributed by atoms with E-state index in [2.05, 4.69) is 5.32 Å². The molecule has 4 nitrogen and oxygen atoms in total. The van der Waals surface area contributed by atoms with Crippen LogP contribution in [0.1, 0.15) is 39.5 Å². The van der Waals surface area contributed by atoms with Crippen LogP contribution in [0.2, 0.25) is 0 Å². The van der Waals surface area contributed by atoms with Gasteiger partial charge >= 0.3 is 0 Å². The average molecular weight is 291 g/mol. The molecule has 1 N–H and O–H groups in total. The van der Waals surface area contributed by atoms with Gasteiger partial charge < -0.3 is 15.0 Å². The number of nitrogens with zero attached hydrogens (tertiary/aromatic N) is 1. The first-order chi connectivity index (χ1) is 8.65. The molecule has 2 atom stereocenters. The number of carbonyl (C=O) groups is 1. The molecule has 0 unspecified atom stereocenters. The Kier molecular flexibility index (Phi) is 7.11. The summed E-state index contributed by atoms with van der Waals surface area (Å²) in [6, 6.07) is 0. The van der Waals surface area contributed by atoms with Crippen molar-refractivity contribution in [3.05, 3.63) is 0 Å². The summed E-state index contributed by atoms with van der Waals surface area (Å²) in [5, 5.41) is 3.37. The van der Waals surface area contributed by atoms with Crippen molar-refractivity contribution in [1.82, 2.24) is 10.2 Å². The second-order valence-electron chi connectivity index (χ2n) is 5.79. The van der Waals surface area contributed by atoms with Crippen LogP contribution in [0.25, 0.3) is 0 Å². The second kappa shape index (κ2) is 8.08. The molecule has 2 aliphatic heterocycles. The van der Waals surface area contributed by atoms with E-state index in [0.29, 0.717) is 12.3 Å². The third-order valence-electron chi connectivity index (χ3n) is 4.00. The van der Waals surface area contributed by atoms with Gasteiger partial charge in [-0.3, -0.25) is 4.79 Å². The van der Waals surface area contributed by atoms with Gasteiger partial charge in [-0.05, 0) is 52.1 Å². The number of hydrogen-bond acceptors (Lipinski definition) is 3. The highest BCUT2D eigenvalue weighted by Gasteiger charge is 2.26. The summed E-state index contributed by atoms with van der Waals surface area (Å²) in [7, 11) is 0. The summed E-state index contributed by atoms with van der Waals surface area (Å²) in [6.07, 6.45) is 4.57. The second-order valence-corrected chi connectivity index (χ2v) is 5.79. The smallest absolute Gasteiger partial charge is 0.222 e. The number of amides is 1. The molecular formula is C14H27ClN2O2. The van der Waals surface area contributed by atoms with Crippen molar-refractivity contribution in [2.24, 2.45) is 5.92 Å². The minimum Gasteiger partial charge on any atom is -0.372 e. The summed E-state index contributed by atoms with van der Waals surface area (Å²) in [5.41, 5.74) is 0. The Balaban J connectivity index is 0.00000180. The lowest BCUT2D eigenvalue weighted by Gasteiger charge is -2.35. The molecule has 1 amide bonds. The molecule has 0 spiro atoms. The SMILES string of the molecule is C[C@@H]1CN(C(=O)CCC2CCNCC2)C[C@H](C)O1.Cl.